The van der Waals surface area contributed by atoms with Crippen LogP contribution in [0.4, 0.5) is 10.5 Å². The molecule has 12 nitrogen and oxygen atoms in total. The number of hydrogen-bond acceptors (Lipinski definition) is 6. The Balaban J connectivity index is 1.58. The van der Waals surface area contributed by atoms with E-state index in [4.69, 9.17) is 5.73 Å². The molecule has 0 fully saturated rings. The van der Waals surface area contributed by atoms with Gasteiger partial charge in [0.1, 0.15) is 12.1 Å². The number of rotatable bonds is 8. The van der Waals surface area contributed by atoms with Gasteiger partial charge in [-0.05, 0) is 36.1 Å². The molecule has 0 bridgehead atoms. The van der Waals surface area contributed by atoms with E-state index in [-0.39, 0.29) is 6.42 Å². The molecule has 0 unspecified atom stereocenters. The molecule has 5 amide bonds. The monoisotopic (exact) mass is 506 g/mol. The molecule has 2 aromatic carbocycles. The number of urea groups is 1. The van der Waals surface area contributed by atoms with E-state index in [1.165, 1.54) is 4.90 Å². The van der Waals surface area contributed by atoms with E-state index in [2.05, 4.69) is 15.7 Å². The van der Waals surface area contributed by atoms with Crippen molar-refractivity contribution in [3.63, 3.8) is 0 Å². The summed E-state index contributed by atoms with van der Waals surface area (Å²) in [5.41, 5.74) is 9.65. The largest absolute Gasteiger partial charge is 0.481 e. The summed E-state index contributed by atoms with van der Waals surface area (Å²) < 4.78 is 0. The van der Waals surface area contributed by atoms with Gasteiger partial charge in [0.25, 0.3) is 5.91 Å². The van der Waals surface area contributed by atoms with Crippen molar-refractivity contribution < 1.29 is 29.1 Å². The number of hydrogen-bond donors (Lipinski definition) is 5. The first-order chi connectivity index (χ1) is 17.7. The minimum atomic E-state index is -1.21. The van der Waals surface area contributed by atoms with Gasteiger partial charge in [-0.15, -0.1) is 0 Å². The molecule has 0 radical (unpaired) electrons. The Hall–Kier alpha value is -4.74. The lowest BCUT2D eigenvalue weighted by atomic mass is 10.0. The van der Waals surface area contributed by atoms with Crippen molar-refractivity contribution in [2.24, 2.45) is 10.8 Å². The van der Waals surface area contributed by atoms with Gasteiger partial charge in [-0.3, -0.25) is 24.1 Å². The molecule has 4 rings (SSSR count). The van der Waals surface area contributed by atoms with Crippen LogP contribution in [0, 0.1) is 0 Å². The molecule has 0 saturated carbocycles. The number of carboxylic acids is 1. The molecule has 0 aromatic heterocycles. The number of aryl methyl sites for hydroxylation is 1. The summed E-state index contributed by atoms with van der Waals surface area (Å²) in [5.74, 6) is -2.62. The molecule has 6 N–H and O–H groups in total. The third-order valence-corrected chi connectivity index (χ3v) is 6.20. The molecule has 0 aliphatic carbocycles. The van der Waals surface area contributed by atoms with Crippen molar-refractivity contribution in [3.8, 4) is 0 Å². The molecule has 0 spiro atoms. The second-order valence-corrected chi connectivity index (χ2v) is 8.75. The first-order valence-corrected chi connectivity index (χ1v) is 11.6. The van der Waals surface area contributed by atoms with Gasteiger partial charge in [-0.2, -0.15) is 5.10 Å². The minimum absolute atomic E-state index is 0.219. The highest BCUT2D eigenvalue weighted by Crippen LogP contribution is 2.39. The predicted octanol–water partition coefficient (Wildman–Crippen LogP) is 0.303. The molecule has 2 aromatic rings. The molecule has 192 valence electrons. The topological polar surface area (TPSA) is 183 Å². The van der Waals surface area contributed by atoms with Crippen LogP contribution >= 0.6 is 0 Å². The zero-order chi connectivity index (χ0) is 26.5. The molecule has 2 aliphatic heterocycles. The maximum atomic E-state index is 13.7. The number of nitrogens with two attached hydrogens (primary N) is 1. The average Bonchev–Trinajstić information content (AvgIpc) is 3.20. The van der Waals surface area contributed by atoms with Crippen molar-refractivity contribution >= 4 is 41.6 Å². The van der Waals surface area contributed by atoms with Gasteiger partial charge >= 0.3 is 12.0 Å². The Labute approximate surface area is 211 Å². The molecular formula is C25H26N6O6. The van der Waals surface area contributed by atoms with Gasteiger partial charge in [0.05, 0.1) is 18.2 Å². The fourth-order valence-corrected chi connectivity index (χ4v) is 4.60. The maximum absolute atomic E-state index is 13.7. The highest BCUT2D eigenvalue weighted by Gasteiger charge is 2.44. The van der Waals surface area contributed by atoms with Crippen molar-refractivity contribution in [1.82, 2.24) is 16.1 Å². The highest BCUT2D eigenvalue weighted by molar-refractivity contribution is 6.09. The summed E-state index contributed by atoms with van der Waals surface area (Å²) in [6, 6.07) is 10.2. The van der Waals surface area contributed by atoms with Crippen LogP contribution in [0.1, 0.15) is 34.3 Å². The number of benzene rings is 2. The quantitative estimate of drug-likeness (QED) is 0.253. The third kappa shape index (κ3) is 5.74. The second-order valence-electron chi connectivity index (χ2n) is 8.75. The van der Waals surface area contributed by atoms with E-state index < -0.39 is 54.3 Å². The smallest absolute Gasteiger partial charge is 0.332 e. The zero-order valence-corrected chi connectivity index (χ0v) is 19.7. The molecule has 3 atom stereocenters. The molecule has 2 aliphatic rings. The second kappa shape index (κ2) is 10.9. The van der Waals surface area contributed by atoms with Crippen molar-refractivity contribution in [3.05, 3.63) is 65.2 Å². The van der Waals surface area contributed by atoms with Crippen LogP contribution in [0.3, 0.4) is 0 Å². The van der Waals surface area contributed by atoms with Gasteiger partial charge in [-0.25, -0.2) is 10.2 Å². The average molecular weight is 507 g/mol. The normalized spacial score (nSPS) is 19.0. The van der Waals surface area contributed by atoms with Crippen LogP contribution in [0.25, 0.3) is 0 Å². The number of nitrogens with zero attached hydrogens (tertiary/aromatic N) is 2. The van der Waals surface area contributed by atoms with Crippen LogP contribution < -0.4 is 26.7 Å². The summed E-state index contributed by atoms with van der Waals surface area (Å²) in [4.78, 5) is 63.4. The van der Waals surface area contributed by atoms with Crippen LogP contribution in [-0.2, 0) is 27.2 Å². The van der Waals surface area contributed by atoms with E-state index in [9.17, 15) is 29.1 Å². The molecule has 0 saturated heterocycles. The number of primary amides is 1. The van der Waals surface area contributed by atoms with E-state index in [0.29, 0.717) is 24.1 Å². The van der Waals surface area contributed by atoms with Crippen molar-refractivity contribution in [2.75, 3.05) is 4.90 Å². The summed E-state index contributed by atoms with van der Waals surface area (Å²) in [7, 11) is 0. The molecule has 12 heteroatoms. The Morgan fingerprint density at radius 3 is 2.54 bits per heavy atom. The fraction of sp³-hybridized carbons (Fsp3) is 0.280. The van der Waals surface area contributed by atoms with Crippen molar-refractivity contribution in [2.45, 2.75) is 43.8 Å². The fourth-order valence-electron chi connectivity index (χ4n) is 4.60. The Morgan fingerprint density at radius 1 is 1.11 bits per heavy atom. The SMILES string of the molecule is NC(=O)N/N=C/[C@H](CC(=O)O)NC(=O)[C@@H]1Cc2cccc3c2N1C(=O)[C@@H](NC(=O)c1ccccc1)CC3. The first kappa shape index (κ1) is 25.4. The number of nitrogens with one attached hydrogen (secondary N) is 3. The van der Waals surface area contributed by atoms with Crippen LogP contribution in [0.15, 0.2) is 53.6 Å². The number of para-hydroxylation sites is 1. The third-order valence-electron chi connectivity index (χ3n) is 6.20. The van der Waals surface area contributed by atoms with Gasteiger partial charge in [0, 0.05) is 18.2 Å². The lowest BCUT2D eigenvalue weighted by Gasteiger charge is -2.28. The van der Waals surface area contributed by atoms with Gasteiger partial charge in [0.2, 0.25) is 11.8 Å². The number of carbonyl (C=O) groups excluding carboxylic acids is 4. The van der Waals surface area contributed by atoms with E-state index in [1.807, 2.05) is 23.6 Å². The standard InChI is InChI=1S/C25H26N6O6/c26-25(37)30-27-13-17(12-20(32)33)28-23(35)19-11-16-8-4-7-14-9-10-18(24(36)31(19)21(14)16)29-22(34)15-5-2-1-3-6-15/h1-8,13,17-19H,9-12H2,(H,28,35)(H,29,34)(H,32,33)(H3,26,30,37)/b27-13+/t17-,18-,19-/m0/s1. The highest BCUT2D eigenvalue weighted by atomic mass is 16.4. The van der Waals surface area contributed by atoms with Crippen molar-refractivity contribution in [1.29, 1.82) is 0 Å². The number of aliphatic carboxylic acids is 1. The number of anilines is 1. The summed E-state index contributed by atoms with van der Waals surface area (Å²) >= 11 is 0. The van der Waals surface area contributed by atoms with Gasteiger partial charge < -0.3 is 21.5 Å². The lowest BCUT2D eigenvalue weighted by molar-refractivity contribution is -0.137. The molecular weight excluding hydrogens is 480 g/mol. The van der Waals surface area contributed by atoms with E-state index in [1.54, 1.807) is 30.3 Å². The number of hydrazone groups is 1. The summed E-state index contributed by atoms with van der Waals surface area (Å²) in [6.07, 6.45) is 1.64. The Bertz CT molecular complexity index is 1260. The lowest BCUT2D eigenvalue weighted by Crippen LogP contribution is -2.56. The van der Waals surface area contributed by atoms with Crippen LogP contribution in [-0.4, -0.2) is 59.2 Å². The predicted molar refractivity (Wildman–Crippen MR) is 133 cm³/mol. The van der Waals surface area contributed by atoms with Gasteiger partial charge in [-0.1, -0.05) is 36.4 Å². The number of carbonyl (C=O) groups is 5. The van der Waals surface area contributed by atoms with Crippen LogP contribution in [0.5, 0.6) is 0 Å². The Morgan fingerprint density at radius 2 is 1.84 bits per heavy atom. The van der Waals surface area contributed by atoms with E-state index >= 15 is 0 Å². The minimum Gasteiger partial charge on any atom is -0.481 e. The Kier molecular flexibility index (Phi) is 7.47. The zero-order valence-electron chi connectivity index (χ0n) is 19.7. The van der Waals surface area contributed by atoms with Crippen LogP contribution in [0.2, 0.25) is 0 Å². The van der Waals surface area contributed by atoms with E-state index in [0.717, 1.165) is 17.3 Å². The molecule has 2 heterocycles. The molecule has 37 heavy (non-hydrogen) atoms. The number of amides is 5. The van der Waals surface area contributed by atoms with Gasteiger partial charge in [0.15, 0.2) is 0 Å². The summed E-state index contributed by atoms with van der Waals surface area (Å²) in [6.45, 7) is 0. The maximum Gasteiger partial charge on any atom is 0.332 e. The summed E-state index contributed by atoms with van der Waals surface area (Å²) in [5, 5.41) is 18.2. The first-order valence-electron chi connectivity index (χ1n) is 11.6. The number of carboxylic acid groups (broad SMARTS) is 1.